The predicted molar refractivity (Wildman–Crippen MR) is 91.1 cm³/mol. The molecule has 2 amide bonds. The van der Waals surface area contributed by atoms with Gasteiger partial charge in [0.25, 0.3) is 5.91 Å². The van der Waals surface area contributed by atoms with Gasteiger partial charge in [-0.2, -0.15) is 0 Å². The van der Waals surface area contributed by atoms with Gasteiger partial charge < -0.3 is 15.4 Å². The normalized spacial score (nSPS) is 9.96. The predicted octanol–water partition coefficient (Wildman–Crippen LogP) is 3.11. The van der Waals surface area contributed by atoms with Gasteiger partial charge in [0.15, 0.2) is 0 Å². The van der Waals surface area contributed by atoms with Crippen molar-refractivity contribution in [2.75, 3.05) is 13.1 Å². The van der Waals surface area contributed by atoms with Crippen molar-refractivity contribution in [3.05, 3.63) is 70.2 Å². The van der Waals surface area contributed by atoms with Gasteiger partial charge in [-0.05, 0) is 29.8 Å². The SMILES string of the molecule is O=C(NCCNC(=O)c1ccc(Br)cc1)OCc1ccccc1. The molecule has 0 fully saturated rings. The summed E-state index contributed by atoms with van der Waals surface area (Å²) < 4.78 is 5.98. The number of benzene rings is 2. The summed E-state index contributed by atoms with van der Waals surface area (Å²) in [5.74, 6) is -0.183. The molecule has 120 valence electrons. The molecule has 23 heavy (non-hydrogen) atoms. The summed E-state index contributed by atoms with van der Waals surface area (Å²) in [6.45, 7) is 0.850. The van der Waals surface area contributed by atoms with Gasteiger partial charge in [-0.25, -0.2) is 4.79 Å². The highest BCUT2D eigenvalue weighted by Crippen LogP contribution is 2.10. The molecule has 2 rings (SSSR count). The minimum atomic E-state index is -0.508. The van der Waals surface area contributed by atoms with Crippen LogP contribution >= 0.6 is 15.9 Å². The molecule has 0 bridgehead atoms. The number of nitrogens with one attached hydrogen (secondary N) is 2. The van der Waals surface area contributed by atoms with Gasteiger partial charge in [-0.15, -0.1) is 0 Å². The van der Waals surface area contributed by atoms with Crippen molar-refractivity contribution < 1.29 is 14.3 Å². The fourth-order valence-corrected chi connectivity index (χ4v) is 2.08. The van der Waals surface area contributed by atoms with E-state index in [1.54, 1.807) is 24.3 Å². The van der Waals surface area contributed by atoms with Crippen LogP contribution in [0.4, 0.5) is 4.79 Å². The third-order valence-corrected chi connectivity index (χ3v) is 3.53. The van der Waals surface area contributed by atoms with Crippen molar-refractivity contribution in [3.8, 4) is 0 Å². The van der Waals surface area contributed by atoms with Crippen molar-refractivity contribution in [2.24, 2.45) is 0 Å². The maximum absolute atomic E-state index is 11.8. The second kappa shape index (κ2) is 8.95. The summed E-state index contributed by atoms with van der Waals surface area (Å²) >= 11 is 3.31. The zero-order chi connectivity index (χ0) is 16.5. The lowest BCUT2D eigenvalue weighted by Crippen LogP contribution is -2.34. The van der Waals surface area contributed by atoms with Crippen LogP contribution in [0.15, 0.2) is 59.1 Å². The molecule has 0 saturated heterocycles. The van der Waals surface area contributed by atoms with Crippen LogP contribution in [0.1, 0.15) is 15.9 Å². The van der Waals surface area contributed by atoms with Gasteiger partial charge >= 0.3 is 6.09 Å². The Labute approximate surface area is 143 Å². The van der Waals surface area contributed by atoms with Crippen molar-refractivity contribution in [2.45, 2.75) is 6.61 Å². The second-order valence-electron chi connectivity index (χ2n) is 4.75. The van der Waals surface area contributed by atoms with E-state index in [0.717, 1.165) is 10.0 Å². The van der Waals surface area contributed by atoms with Crippen LogP contribution in [0.3, 0.4) is 0 Å². The average Bonchev–Trinajstić information content (AvgIpc) is 2.58. The summed E-state index contributed by atoms with van der Waals surface area (Å²) in [5, 5.41) is 5.31. The van der Waals surface area contributed by atoms with Crippen molar-refractivity contribution in [1.82, 2.24) is 10.6 Å². The van der Waals surface area contributed by atoms with Crippen LogP contribution in [-0.4, -0.2) is 25.1 Å². The lowest BCUT2D eigenvalue weighted by molar-refractivity contribution is 0.0951. The highest BCUT2D eigenvalue weighted by atomic mass is 79.9. The maximum Gasteiger partial charge on any atom is 0.407 e. The van der Waals surface area contributed by atoms with Crippen LogP contribution < -0.4 is 10.6 Å². The Bertz CT molecular complexity index is 645. The van der Waals surface area contributed by atoms with E-state index in [2.05, 4.69) is 26.6 Å². The van der Waals surface area contributed by atoms with Crippen molar-refractivity contribution in [3.63, 3.8) is 0 Å². The standard InChI is InChI=1S/C17H17BrN2O3/c18-15-8-6-14(7-9-15)16(21)19-10-11-20-17(22)23-12-13-4-2-1-3-5-13/h1-9H,10-12H2,(H,19,21)(H,20,22). The molecule has 6 heteroatoms. The number of ether oxygens (including phenoxy) is 1. The Hall–Kier alpha value is -2.34. The molecule has 0 aromatic heterocycles. The molecule has 0 aliphatic carbocycles. The Kier molecular flexibility index (Phi) is 6.62. The van der Waals surface area contributed by atoms with Gasteiger partial charge in [0.2, 0.25) is 0 Å². The van der Waals surface area contributed by atoms with E-state index in [1.165, 1.54) is 0 Å². The Morgan fingerprint density at radius 1 is 0.913 bits per heavy atom. The summed E-state index contributed by atoms with van der Waals surface area (Å²) in [5.41, 5.74) is 1.49. The number of hydrogen-bond donors (Lipinski definition) is 2. The second-order valence-corrected chi connectivity index (χ2v) is 5.67. The highest BCUT2D eigenvalue weighted by Gasteiger charge is 2.05. The number of amides is 2. The zero-order valence-electron chi connectivity index (χ0n) is 12.4. The molecule has 0 atom stereocenters. The molecule has 5 nitrogen and oxygen atoms in total. The summed E-state index contributed by atoms with van der Waals surface area (Å²) in [6.07, 6.45) is -0.508. The molecule has 0 saturated carbocycles. The third-order valence-electron chi connectivity index (χ3n) is 3.00. The number of hydrogen-bond acceptors (Lipinski definition) is 3. The molecule has 0 aliphatic heterocycles. The summed E-state index contributed by atoms with van der Waals surface area (Å²) in [6, 6.07) is 16.5. The van der Waals surface area contributed by atoms with E-state index in [1.807, 2.05) is 30.3 Å². The van der Waals surface area contributed by atoms with E-state index in [4.69, 9.17) is 4.74 Å². The van der Waals surface area contributed by atoms with Crippen LogP contribution in [-0.2, 0) is 11.3 Å². The molecular weight excluding hydrogens is 360 g/mol. The molecule has 2 aromatic rings. The number of alkyl carbamates (subject to hydrolysis) is 1. The Morgan fingerprint density at radius 3 is 2.26 bits per heavy atom. The van der Waals surface area contributed by atoms with E-state index < -0.39 is 6.09 Å². The van der Waals surface area contributed by atoms with E-state index in [0.29, 0.717) is 18.7 Å². The Balaban J connectivity index is 1.62. The number of carbonyl (C=O) groups excluding carboxylic acids is 2. The van der Waals surface area contributed by atoms with E-state index in [9.17, 15) is 9.59 Å². The lowest BCUT2D eigenvalue weighted by Gasteiger charge is -2.08. The van der Waals surface area contributed by atoms with Gasteiger partial charge in [-0.1, -0.05) is 46.3 Å². The first-order valence-electron chi connectivity index (χ1n) is 7.13. The van der Waals surface area contributed by atoms with Gasteiger partial charge in [-0.3, -0.25) is 4.79 Å². The van der Waals surface area contributed by atoms with Crippen molar-refractivity contribution in [1.29, 1.82) is 0 Å². The van der Waals surface area contributed by atoms with Crippen LogP contribution in [0, 0.1) is 0 Å². The smallest absolute Gasteiger partial charge is 0.407 e. The molecule has 2 N–H and O–H groups in total. The lowest BCUT2D eigenvalue weighted by atomic mass is 10.2. The van der Waals surface area contributed by atoms with Crippen LogP contribution in [0.5, 0.6) is 0 Å². The van der Waals surface area contributed by atoms with Gasteiger partial charge in [0.1, 0.15) is 6.61 Å². The molecule has 0 heterocycles. The van der Waals surface area contributed by atoms with E-state index in [-0.39, 0.29) is 12.5 Å². The minimum absolute atomic E-state index is 0.183. The topological polar surface area (TPSA) is 67.4 Å². The number of rotatable bonds is 6. The number of carbonyl (C=O) groups is 2. The average molecular weight is 377 g/mol. The fourth-order valence-electron chi connectivity index (χ4n) is 1.82. The molecule has 0 unspecified atom stereocenters. The molecular formula is C17H17BrN2O3. The highest BCUT2D eigenvalue weighted by molar-refractivity contribution is 9.10. The summed E-state index contributed by atoms with van der Waals surface area (Å²) in [7, 11) is 0. The molecule has 0 radical (unpaired) electrons. The van der Waals surface area contributed by atoms with Gasteiger partial charge in [0, 0.05) is 23.1 Å². The van der Waals surface area contributed by atoms with Crippen molar-refractivity contribution >= 4 is 27.9 Å². The fraction of sp³-hybridized carbons (Fsp3) is 0.176. The minimum Gasteiger partial charge on any atom is -0.445 e. The first-order chi connectivity index (χ1) is 11.1. The summed E-state index contributed by atoms with van der Waals surface area (Å²) in [4.78, 5) is 23.4. The Morgan fingerprint density at radius 2 is 1.57 bits per heavy atom. The first kappa shape index (κ1) is 17.0. The monoisotopic (exact) mass is 376 g/mol. The van der Waals surface area contributed by atoms with Gasteiger partial charge in [0.05, 0.1) is 0 Å². The number of halogens is 1. The molecule has 0 aliphatic rings. The first-order valence-corrected chi connectivity index (χ1v) is 7.93. The van der Waals surface area contributed by atoms with E-state index >= 15 is 0 Å². The quantitative estimate of drug-likeness (QED) is 0.761. The zero-order valence-corrected chi connectivity index (χ0v) is 14.0. The maximum atomic E-state index is 11.8. The van der Waals surface area contributed by atoms with Crippen LogP contribution in [0.2, 0.25) is 0 Å². The molecule has 0 spiro atoms. The third kappa shape index (κ3) is 6.12. The largest absolute Gasteiger partial charge is 0.445 e. The van der Waals surface area contributed by atoms with Crippen LogP contribution in [0.25, 0.3) is 0 Å². The molecule has 2 aromatic carbocycles.